The molecule has 2 atom stereocenters. The minimum atomic E-state index is -0.657. The van der Waals surface area contributed by atoms with E-state index in [4.69, 9.17) is 4.74 Å². The summed E-state index contributed by atoms with van der Waals surface area (Å²) in [6.07, 6.45) is 3.42. The number of carbonyl (C=O) groups excluding carboxylic acids is 3. The fourth-order valence-electron chi connectivity index (χ4n) is 3.97. The number of nitrogens with zero attached hydrogens (tertiary/aromatic N) is 1. The number of carbonyl (C=O) groups is 3. The van der Waals surface area contributed by atoms with Gasteiger partial charge in [-0.2, -0.15) is 0 Å². The smallest absolute Gasteiger partial charge is 0.338 e. The largest absolute Gasteiger partial charge is 0.459 e. The number of hydrogen-bond donors (Lipinski definition) is 2. The van der Waals surface area contributed by atoms with Gasteiger partial charge in [0.15, 0.2) is 0 Å². The number of ether oxygens (including phenoxy) is 1. The highest BCUT2D eigenvalue weighted by atomic mass is 16.5. The highest BCUT2D eigenvalue weighted by Crippen LogP contribution is 2.32. The number of allylic oxidation sites excluding steroid dienone is 1. The Bertz CT molecular complexity index is 862. The number of esters is 1. The van der Waals surface area contributed by atoms with Crippen LogP contribution in [-0.4, -0.2) is 35.5 Å². The van der Waals surface area contributed by atoms with Crippen LogP contribution in [0.4, 0.5) is 10.5 Å². The molecule has 1 aliphatic rings. The van der Waals surface area contributed by atoms with E-state index >= 15 is 0 Å². The second-order valence-electron chi connectivity index (χ2n) is 8.44. The monoisotopic (exact) mass is 443 g/mol. The molecule has 1 aromatic carbocycles. The van der Waals surface area contributed by atoms with Gasteiger partial charge in [0.25, 0.3) is 0 Å². The first kappa shape index (κ1) is 25.4. The summed E-state index contributed by atoms with van der Waals surface area (Å²) in [6.45, 7) is 11.8. The summed E-state index contributed by atoms with van der Waals surface area (Å²) < 4.78 is 5.47. The van der Waals surface area contributed by atoms with Gasteiger partial charge in [0, 0.05) is 23.8 Å². The Kier molecular flexibility index (Phi) is 9.29. The number of benzene rings is 1. The lowest BCUT2D eigenvalue weighted by Crippen LogP contribution is -2.48. The molecule has 1 heterocycles. The standard InChI is InChI=1S/C25H37N3O4/c1-7-10-12-18(8-2)23(29)26-20-14-11-13-19(15-20)22-21(24(30)32-16(4)5)17(6)28(9-3)25(31)27-22/h11,13-16,18,22H,7-10,12H2,1-6H3,(H,26,29)(H,27,31). The number of nitrogens with one attached hydrogen (secondary N) is 2. The molecule has 7 nitrogen and oxygen atoms in total. The fraction of sp³-hybridized carbons (Fsp3) is 0.560. The van der Waals surface area contributed by atoms with Gasteiger partial charge in [-0.3, -0.25) is 9.69 Å². The number of amides is 3. The van der Waals surface area contributed by atoms with Gasteiger partial charge in [0.2, 0.25) is 5.91 Å². The number of urea groups is 1. The zero-order chi connectivity index (χ0) is 23.8. The molecule has 0 aliphatic carbocycles. The average molecular weight is 444 g/mol. The van der Waals surface area contributed by atoms with E-state index in [0.29, 0.717) is 29.1 Å². The summed E-state index contributed by atoms with van der Waals surface area (Å²) in [6, 6.07) is 6.36. The topological polar surface area (TPSA) is 87.7 Å². The highest BCUT2D eigenvalue weighted by molar-refractivity contribution is 5.95. The minimum Gasteiger partial charge on any atom is -0.459 e. The molecule has 0 saturated carbocycles. The zero-order valence-corrected chi connectivity index (χ0v) is 20.2. The fourth-order valence-corrected chi connectivity index (χ4v) is 3.97. The average Bonchev–Trinajstić information content (AvgIpc) is 2.73. The van der Waals surface area contributed by atoms with Gasteiger partial charge in [0.1, 0.15) is 0 Å². The predicted octanol–water partition coefficient (Wildman–Crippen LogP) is 5.15. The summed E-state index contributed by atoms with van der Waals surface area (Å²) in [4.78, 5) is 39.9. The highest BCUT2D eigenvalue weighted by Gasteiger charge is 2.36. The number of unbranched alkanes of at least 4 members (excludes halogenated alkanes) is 1. The summed E-state index contributed by atoms with van der Waals surface area (Å²) in [5.41, 5.74) is 2.33. The van der Waals surface area contributed by atoms with E-state index in [2.05, 4.69) is 17.6 Å². The molecule has 1 aliphatic heterocycles. The third kappa shape index (κ3) is 6.11. The first-order valence-corrected chi connectivity index (χ1v) is 11.6. The molecule has 0 bridgehead atoms. The lowest BCUT2D eigenvalue weighted by atomic mass is 9.94. The number of hydrogen-bond acceptors (Lipinski definition) is 4. The molecule has 0 spiro atoms. The molecule has 1 aromatic rings. The van der Waals surface area contributed by atoms with Crippen molar-refractivity contribution in [2.75, 3.05) is 11.9 Å². The van der Waals surface area contributed by atoms with Gasteiger partial charge in [-0.05, 0) is 58.2 Å². The first-order chi connectivity index (χ1) is 15.2. The van der Waals surface area contributed by atoms with Crippen LogP contribution in [0, 0.1) is 5.92 Å². The van der Waals surface area contributed by atoms with Crippen molar-refractivity contribution in [2.24, 2.45) is 5.92 Å². The summed E-state index contributed by atoms with van der Waals surface area (Å²) >= 11 is 0. The molecule has 3 amide bonds. The van der Waals surface area contributed by atoms with Crippen LogP contribution in [0.15, 0.2) is 35.5 Å². The van der Waals surface area contributed by atoms with Crippen molar-refractivity contribution < 1.29 is 19.1 Å². The van der Waals surface area contributed by atoms with Gasteiger partial charge < -0.3 is 15.4 Å². The molecule has 32 heavy (non-hydrogen) atoms. The van der Waals surface area contributed by atoms with Crippen LogP contribution in [0.2, 0.25) is 0 Å². The van der Waals surface area contributed by atoms with Crippen LogP contribution < -0.4 is 10.6 Å². The van der Waals surface area contributed by atoms with E-state index in [1.54, 1.807) is 20.8 Å². The summed E-state index contributed by atoms with van der Waals surface area (Å²) in [5.74, 6) is -0.500. The van der Waals surface area contributed by atoms with Crippen LogP contribution >= 0.6 is 0 Å². The molecule has 2 rings (SSSR count). The van der Waals surface area contributed by atoms with Gasteiger partial charge in [0.05, 0.1) is 17.7 Å². The maximum Gasteiger partial charge on any atom is 0.338 e. The van der Waals surface area contributed by atoms with Crippen LogP contribution in [0.5, 0.6) is 0 Å². The zero-order valence-electron chi connectivity index (χ0n) is 20.2. The molecule has 176 valence electrons. The van der Waals surface area contributed by atoms with Crippen molar-refractivity contribution >= 4 is 23.6 Å². The third-order valence-electron chi connectivity index (χ3n) is 5.73. The molecule has 0 saturated heterocycles. The van der Waals surface area contributed by atoms with Crippen molar-refractivity contribution in [3.8, 4) is 0 Å². The van der Waals surface area contributed by atoms with Crippen molar-refractivity contribution in [3.63, 3.8) is 0 Å². The van der Waals surface area contributed by atoms with E-state index in [0.717, 1.165) is 25.7 Å². The second-order valence-corrected chi connectivity index (χ2v) is 8.44. The second kappa shape index (κ2) is 11.7. The quantitative estimate of drug-likeness (QED) is 0.489. The minimum absolute atomic E-state index is 0.00546. The Morgan fingerprint density at radius 1 is 1.22 bits per heavy atom. The van der Waals surface area contributed by atoms with Gasteiger partial charge in [-0.1, -0.05) is 38.8 Å². The van der Waals surface area contributed by atoms with E-state index in [9.17, 15) is 14.4 Å². The SMILES string of the molecule is CCCCC(CC)C(=O)Nc1cccc(C2NC(=O)N(CC)C(C)=C2C(=O)OC(C)C)c1. The Labute approximate surface area is 191 Å². The Morgan fingerprint density at radius 2 is 1.94 bits per heavy atom. The van der Waals surface area contributed by atoms with Crippen molar-refractivity contribution in [2.45, 2.75) is 79.4 Å². The van der Waals surface area contributed by atoms with Gasteiger partial charge in [-0.15, -0.1) is 0 Å². The maximum atomic E-state index is 12.9. The molecule has 0 aromatic heterocycles. The molecule has 0 radical (unpaired) electrons. The Morgan fingerprint density at radius 3 is 2.53 bits per heavy atom. The number of rotatable bonds is 10. The van der Waals surface area contributed by atoms with Crippen molar-refractivity contribution in [3.05, 3.63) is 41.1 Å². The Hall–Kier alpha value is -2.83. The maximum absolute atomic E-state index is 12.9. The molecular weight excluding hydrogens is 406 g/mol. The van der Waals surface area contributed by atoms with Crippen molar-refractivity contribution in [1.82, 2.24) is 10.2 Å². The summed E-state index contributed by atoms with van der Waals surface area (Å²) in [5, 5.41) is 5.93. The van der Waals surface area contributed by atoms with E-state index < -0.39 is 12.0 Å². The van der Waals surface area contributed by atoms with Crippen LogP contribution in [0.1, 0.15) is 78.8 Å². The van der Waals surface area contributed by atoms with Gasteiger partial charge >= 0.3 is 12.0 Å². The summed E-state index contributed by atoms with van der Waals surface area (Å²) in [7, 11) is 0. The normalized spacial score (nSPS) is 17.3. The molecule has 2 N–H and O–H groups in total. The van der Waals surface area contributed by atoms with E-state index in [-0.39, 0.29) is 24.0 Å². The van der Waals surface area contributed by atoms with Crippen LogP contribution in [-0.2, 0) is 14.3 Å². The molecule has 7 heteroatoms. The van der Waals surface area contributed by atoms with E-state index in [1.807, 2.05) is 38.1 Å². The van der Waals surface area contributed by atoms with Crippen LogP contribution in [0.25, 0.3) is 0 Å². The molecule has 0 fully saturated rings. The molecule has 2 unspecified atom stereocenters. The number of anilines is 1. The van der Waals surface area contributed by atoms with Crippen LogP contribution in [0.3, 0.4) is 0 Å². The van der Waals surface area contributed by atoms with Gasteiger partial charge in [-0.25, -0.2) is 9.59 Å². The third-order valence-corrected chi connectivity index (χ3v) is 5.73. The van der Waals surface area contributed by atoms with E-state index in [1.165, 1.54) is 4.90 Å². The van der Waals surface area contributed by atoms with Crippen molar-refractivity contribution in [1.29, 1.82) is 0 Å². The lowest BCUT2D eigenvalue weighted by Gasteiger charge is -2.35. The predicted molar refractivity (Wildman–Crippen MR) is 126 cm³/mol. The lowest BCUT2D eigenvalue weighted by molar-refractivity contribution is -0.143. The first-order valence-electron chi connectivity index (χ1n) is 11.6. The Balaban J connectivity index is 2.36. The molecular formula is C25H37N3O4.